The Hall–Kier alpha value is -1.57. The first-order valence-corrected chi connectivity index (χ1v) is 6.42. The predicted molar refractivity (Wildman–Crippen MR) is 70.7 cm³/mol. The number of hydrogen-bond acceptors (Lipinski definition) is 4. The number of fused-ring (bicyclic) bond motifs is 1. The van der Waals surface area contributed by atoms with Crippen molar-refractivity contribution < 1.29 is 14.6 Å². The number of aliphatic hydroxyl groups is 1. The molecule has 1 N–H and O–H groups in total. The summed E-state index contributed by atoms with van der Waals surface area (Å²) < 4.78 is 10.7. The van der Waals surface area contributed by atoms with Crippen LogP contribution in [0.25, 0.3) is 0 Å². The molecule has 3 unspecified atom stereocenters. The van der Waals surface area contributed by atoms with Crippen LogP contribution >= 0.6 is 0 Å². The Morgan fingerprint density at radius 3 is 2.95 bits per heavy atom. The predicted octanol–water partition coefficient (Wildman–Crippen LogP) is 1.77. The molecule has 1 heterocycles. The minimum atomic E-state index is -0.897. The summed E-state index contributed by atoms with van der Waals surface area (Å²) in [5.41, 5.74) is 0.0747. The summed E-state index contributed by atoms with van der Waals surface area (Å²) in [6.07, 6.45) is -0.264. The fourth-order valence-electron chi connectivity index (χ4n) is 2.61. The van der Waals surface area contributed by atoms with Crippen LogP contribution in [0.2, 0.25) is 0 Å². The molecule has 0 saturated heterocycles. The Bertz CT molecular complexity index is 483. The molecule has 0 saturated carbocycles. The summed E-state index contributed by atoms with van der Waals surface area (Å²) in [5.74, 6) is 0.693. The van der Waals surface area contributed by atoms with E-state index < -0.39 is 11.5 Å². The highest BCUT2D eigenvalue weighted by atomic mass is 16.5. The summed E-state index contributed by atoms with van der Waals surface area (Å²) in [5, 5.41) is 20.0. The van der Waals surface area contributed by atoms with Gasteiger partial charge in [-0.1, -0.05) is 25.1 Å². The maximum atomic E-state index is 10.5. The van der Waals surface area contributed by atoms with Gasteiger partial charge in [0.1, 0.15) is 17.8 Å². The van der Waals surface area contributed by atoms with Gasteiger partial charge in [-0.3, -0.25) is 0 Å². The van der Waals surface area contributed by atoms with E-state index in [1.807, 2.05) is 31.2 Å². The van der Waals surface area contributed by atoms with E-state index in [9.17, 15) is 10.4 Å². The number of nitrogens with zero attached hydrogens (tertiary/aromatic N) is 1. The van der Waals surface area contributed by atoms with Gasteiger partial charge in [-0.05, 0) is 11.6 Å². The number of methoxy groups -OCH3 is 1. The highest BCUT2D eigenvalue weighted by Gasteiger charge is 2.45. The molecule has 0 aliphatic carbocycles. The molecule has 4 heteroatoms. The summed E-state index contributed by atoms with van der Waals surface area (Å²) in [7, 11) is 1.59. The van der Waals surface area contributed by atoms with Crippen LogP contribution in [0.4, 0.5) is 0 Å². The van der Waals surface area contributed by atoms with Crippen molar-refractivity contribution in [2.45, 2.75) is 19.4 Å². The molecule has 1 aromatic carbocycles. The molecular weight excluding hydrogens is 242 g/mol. The average Bonchev–Trinajstić information content (AvgIpc) is 2.46. The fourth-order valence-corrected chi connectivity index (χ4v) is 2.61. The monoisotopic (exact) mass is 261 g/mol. The van der Waals surface area contributed by atoms with E-state index in [-0.39, 0.29) is 12.5 Å². The second-order valence-electron chi connectivity index (χ2n) is 5.22. The lowest BCUT2D eigenvalue weighted by atomic mass is 9.73. The van der Waals surface area contributed by atoms with Gasteiger partial charge in [-0.25, -0.2) is 0 Å². The van der Waals surface area contributed by atoms with Crippen molar-refractivity contribution in [2.24, 2.45) is 11.3 Å². The van der Waals surface area contributed by atoms with Crippen LogP contribution in [0.15, 0.2) is 24.3 Å². The van der Waals surface area contributed by atoms with Gasteiger partial charge < -0.3 is 14.6 Å². The zero-order valence-electron chi connectivity index (χ0n) is 11.3. The van der Waals surface area contributed by atoms with Gasteiger partial charge in [-0.2, -0.15) is 5.26 Å². The molecule has 0 bridgehead atoms. The molecule has 0 aromatic heterocycles. The molecule has 1 aliphatic heterocycles. The molecule has 0 radical (unpaired) electrons. The van der Waals surface area contributed by atoms with Crippen molar-refractivity contribution >= 4 is 0 Å². The molecule has 19 heavy (non-hydrogen) atoms. The van der Waals surface area contributed by atoms with Gasteiger partial charge in [-0.15, -0.1) is 0 Å². The topological polar surface area (TPSA) is 62.5 Å². The Morgan fingerprint density at radius 1 is 1.53 bits per heavy atom. The van der Waals surface area contributed by atoms with Gasteiger partial charge in [0.25, 0.3) is 0 Å². The molecule has 0 fully saturated rings. The lowest BCUT2D eigenvalue weighted by Gasteiger charge is -2.38. The number of para-hydroxylation sites is 1. The van der Waals surface area contributed by atoms with E-state index in [0.717, 1.165) is 11.3 Å². The summed E-state index contributed by atoms with van der Waals surface area (Å²) >= 11 is 0. The summed E-state index contributed by atoms with van der Waals surface area (Å²) in [6, 6.07) is 9.92. The molecule has 102 valence electrons. The Labute approximate surface area is 113 Å². The van der Waals surface area contributed by atoms with Gasteiger partial charge in [0.15, 0.2) is 0 Å². The Kier molecular flexibility index (Phi) is 4.08. The van der Waals surface area contributed by atoms with E-state index in [0.29, 0.717) is 13.0 Å². The average molecular weight is 261 g/mol. The van der Waals surface area contributed by atoms with E-state index >= 15 is 0 Å². The van der Waals surface area contributed by atoms with Crippen molar-refractivity contribution in [3.05, 3.63) is 29.8 Å². The standard InChI is InChI=1S/C15H19NO3/c1-11(8-18-2)14(17)15(9-16)7-12-5-3-4-6-13(12)19-10-15/h3-6,11,14,17H,7-8,10H2,1-2H3. The molecular formula is C15H19NO3. The van der Waals surface area contributed by atoms with E-state index in [2.05, 4.69) is 6.07 Å². The van der Waals surface area contributed by atoms with Crippen molar-refractivity contribution in [1.82, 2.24) is 0 Å². The third-order valence-electron chi connectivity index (χ3n) is 3.72. The highest BCUT2D eigenvalue weighted by molar-refractivity contribution is 5.38. The Morgan fingerprint density at radius 2 is 2.26 bits per heavy atom. The van der Waals surface area contributed by atoms with Crippen molar-refractivity contribution in [1.29, 1.82) is 5.26 Å². The van der Waals surface area contributed by atoms with E-state index in [4.69, 9.17) is 9.47 Å². The van der Waals surface area contributed by atoms with Crippen LogP contribution in [-0.2, 0) is 11.2 Å². The molecule has 2 rings (SSSR count). The zero-order chi connectivity index (χ0) is 13.9. The molecule has 4 nitrogen and oxygen atoms in total. The van der Waals surface area contributed by atoms with E-state index in [1.165, 1.54) is 0 Å². The van der Waals surface area contributed by atoms with Crippen LogP contribution in [0, 0.1) is 22.7 Å². The van der Waals surface area contributed by atoms with Crippen molar-refractivity contribution in [3.8, 4) is 11.8 Å². The second-order valence-corrected chi connectivity index (χ2v) is 5.22. The number of aliphatic hydroxyl groups excluding tert-OH is 1. The minimum Gasteiger partial charge on any atom is -0.492 e. The van der Waals surface area contributed by atoms with Crippen LogP contribution in [-0.4, -0.2) is 31.5 Å². The minimum absolute atomic E-state index is 0.112. The summed E-state index contributed by atoms with van der Waals surface area (Å²) in [4.78, 5) is 0. The third kappa shape index (κ3) is 2.58. The Balaban J connectivity index is 2.24. The van der Waals surface area contributed by atoms with Gasteiger partial charge in [0.05, 0.1) is 18.8 Å². The maximum Gasteiger partial charge on any atom is 0.122 e. The summed E-state index contributed by atoms with van der Waals surface area (Å²) in [6.45, 7) is 2.52. The third-order valence-corrected chi connectivity index (χ3v) is 3.72. The first kappa shape index (κ1) is 13.9. The second kappa shape index (κ2) is 5.60. The number of nitriles is 1. The van der Waals surface area contributed by atoms with E-state index in [1.54, 1.807) is 7.11 Å². The lowest BCUT2D eigenvalue weighted by molar-refractivity contribution is -0.0353. The number of rotatable bonds is 4. The van der Waals surface area contributed by atoms with Crippen molar-refractivity contribution in [2.75, 3.05) is 20.3 Å². The van der Waals surface area contributed by atoms with Gasteiger partial charge in [0.2, 0.25) is 0 Å². The largest absolute Gasteiger partial charge is 0.492 e. The lowest BCUT2D eigenvalue weighted by Crippen LogP contribution is -2.47. The van der Waals surface area contributed by atoms with Crippen LogP contribution in [0.3, 0.4) is 0 Å². The molecule has 0 spiro atoms. The SMILES string of the molecule is COCC(C)C(O)C1(C#N)COc2ccccc2C1. The first-order chi connectivity index (χ1) is 9.13. The smallest absolute Gasteiger partial charge is 0.122 e. The number of hydrogen-bond donors (Lipinski definition) is 1. The normalized spacial score (nSPS) is 24.7. The molecule has 1 aliphatic rings. The maximum absolute atomic E-state index is 10.5. The van der Waals surface area contributed by atoms with Gasteiger partial charge in [0, 0.05) is 19.4 Å². The van der Waals surface area contributed by atoms with Crippen LogP contribution in [0.1, 0.15) is 12.5 Å². The number of benzene rings is 1. The fraction of sp³-hybridized carbons (Fsp3) is 0.533. The molecule has 1 aromatic rings. The number of ether oxygens (including phenoxy) is 2. The van der Waals surface area contributed by atoms with Crippen molar-refractivity contribution in [3.63, 3.8) is 0 Å². The molecule has 3 atom stereocenters. The van der Waals surface area contributed by atoms with Crippen LogP contribution < -0.4 is 4.74 Å². The molecule has 0 amide bonds. The van der Waals surface area contributed by atoms with Crippen LogP contribution in [0.5, 0.6) is 5.75 Å². The first-order valence-electron chi connectivity index (χ1n) is 6.42. The quantitative estimate of drug-likeness (QED) is 0.897. The zero-order valence-corrected chi connectivity index (χ0v) is 11.3. The highest BCUT2D eigenvalue weighted by Crippen LogP contribution is 2.38. The van der Waals surface area contributed by atoms with Gasteiger partial charge >= 0.3 is 0 Å².